The molecule has 21 heavy (non-hydrogen) atoms. The average molecular weight is 292 g/mol. The van der Waals surface area contributed by atoms with Crippen LogP contribution in [0, 0.1) is 5.92 Å². The molecule has 0 aliphatic carbocycles. The van der Waals surface area contributed by atoms with Gasteiger partial charge in [0, 0.05) is 26.1 Å². The maximum atomic E-state index is 12.3. The van der Waals surface area contributed by atoms with Gasteiger partial charge in [-0.05, 0) is 24.1 Å². The summed E-state index contributed by atoms with van der Waals surface area (Å²) in [5.74, 6) is 0.828. The normalized spacial score (nSPS) is 22.8. The minimum absolute atomic E-state index is 0.0563. The predicted octanol–water partition coefficient (Wildman–Crippen LogP) is 0.977. The largest absolute Gasteiger partial charge is 0.497 e. The summed E-state index contributed by atoms with van der Waals surface area (Å²) in [4.78, 5) is 12.3. The van der Waals surface area contributed by atoms with Crippen molar-refractivity contribution in [1.29, 1.82) is 0 Å². The number of hydrogen-bond donors (Lipinski definition) is 2. The number of benzene rings is 1. The molecule has 0 radical (unpaired) electrons. The number of amides is 1. The third-order valence-electron chi connectivity index (χ3n) is 3.94. The molecule has 5 nitrogen and oxygen atoms in total. The van der Waals surface area contributed by atoms with Gasteiger partial charge in [-0.1, -0.05) is 19.1 Å². The van der Waals surface area contributed by atoms with Gasteiger partial charge in [0.15, 0.2) is 0 Å². The van der Waals surface area contributed by atoms with Crippen LogP contribution >= 0.6 is 0 Å². The molecule has 1 aliphatic heterocycles. The second kappa shape index (κ2) is 7.43. The van der Waals surface area contributed by atoms with Gasteiger partial charge >= 0.3 is 0 Å². The summed E-state index contributed by atoms with van der Waals surface area (Å²) < 4.78 is 10.5. The van der Waals surface area contributed by atoms with Crippen LogP contribution in [0.3, 0.4) is 0 Å². The van der Waals surface area contributed by atoms with Crippen molar-refractivity contribution in [3.63, 3.8) is 0 Å². The highest BCUT2D eigenvalue weighted by molar-refractivity contribution is 5.79. The lowest BCUT2D eigenvalue weighted by atomic mass is 9.99. The Balaban J connectivity index is 1.86. The Bertz CT molecular complexity index is 461. The molecule has 116 valence electrons. The van der Waals surface area contributed by atoms with Crippen LogP contribution in [-0.2, 0) is 16.0 Å². The van der Waals surface area contributed by atoms with Crippen molar-refractivity contribution in [2.45, 2.75) is 25.5 Å². The van der Waals surface area contributed by atoms with Gasteiger partial charge in [0.25, 0.3) is 0 Å². The number of ether oxygens (including phenoxy) is 2. The van der Waals surface area contributed by atoms with Gasteiger partial charge in [-0.15, -0.1) is 0 Å². The zero-order valence-electron chi connectivity index (χ0n) is 12.9. The molecule has 1 aromatic carbocycles. The fourth-order valence-corrected chi connectivity index (χ4v) is 2.58. The van der Waals surface area contributed by atoms with E-state index in [4.69, 9.17) is 9.47 Å². The molecule has 5 heteroatoms. The minimum atomic E-state index is -0.0727. The lowest BCUT2D eigenvalue weighted by Gasteiger charge is -2.21. The van der Waals surface area contributed by atoms with Gasteiger partial charge in [-0.25, -0.2) is 0 Å². The highest BCUT2D eigenvalue weighted by Gasteiger charge is 2.29. The first-order valence-corrected chi connectivity index (χ1v) is 7.31. The van der Waals surface area contributed by atoms with Crippen LogP contribution in [0.5, 0.6) is 5.75 Å². The van der Waals surface area contributed by atoms with Crippen molar-refractivity contribution in [3.8, 4) is 5.75 Å². The summed E-state index contributed by atoms with van der Waals surface area (Å²) in [6, 6.07) is 7.89. The van der Waals surface area contributed by atoms with E-state index in [2.05, 4.69) is 10.6 Å². The van der Waals surface area contributed by atoms with E-state index in [-0.39, 0.29) is 24.0 Å². The monoisotopic (exact) mass is 292 g/mol. The molecule has 3 atom stereocenters. The number of hydrogen-bond acceptors (Lipinski definition) is 4. The Labute approximate surface area is 126 Å². The second-order valence-corrected chi connectivity index (χ2v) is 5.50. The van der Waals surface area contributed by atoms with Crippen LogP contribution < -0.4 is 15.4 Å². The summed E-state index contributed by atoms with van der Waals surface area (Å²) in [5, 5.41) is 6.30. The van der Waals surface area contributed by atoms with Crippen molar-refractivity contribution in [3.05, 3.63) is 29.8 Å². The van der Waals surface area contributed by atoms with E-state index in [9.17, 15) is 4.79 Å². The standard InChI is InChI=1S/C16H24N2O3/c1-11(8-12-4-6-13(20-2)7-5-12)16(19)18-14-9-17-10-15(14)21-3/h4-7,11,14-15,17H,8-10H2,1-3H3,(H,18,19). The molecule has 0 spiro atoms. The molecule has 1 fully saturated rings. The molecule has 0 bridgehead atoms. The Morgan fingerprint density at radius 1 is 1.33 bits per heavy atom. The van der Waals surface area contributed by atoms with Gasteiger partial charge < -0.3 is 20.1 Å². The van der Waals surface area contributed by atoms with Crippen molar-refractivity contribution < 1.29 is 14.3 Å². The molecule has 1 aliphatic rings. The maximum absolute atomic E-state index is 12.3. The van der Waals surface area contributed by atoms with Crippen molar-refractivity contribution in [2.75, 3.05) is 27.3 Å². The Hall–Kier alpha value is -1.59. The molecule has 1 aromatic rings. The average Bonchev–Trinajstić information content (AvgIpc) is 2.95. The highest BCUT2D eigenvalue weighted by atomic mass is 16.5. The summed E-state index contributed by atoms with van der Waals surface area (Å²) in [7, 11) is 3.32. The molecule has 1 saturated heterocycles. The lowest BCUT2D eigenvalue weighted by Crippen LogP contribution is -2.45. The summed E-state index contributed by atoms with van der Waals surface area (Å²) >= 11 is 0. The van der Waals surface area contributed by atoms with E-state index in [0.717, 1.165) is 24.4 Å². The van der Waals surface area contributed by atoms with Crippen molar-refractivity contribution >= 4 is 5.91 Å². The van der Waals surface area contributed by atoms with E-state index >= 15 is 0 Å². The van der Waals surface area contributed by atoms with Crippen LogP contribution in [0.25, 0.3) is 0 Å². The molecule has 2 N–H and O–H groups in total. The van der Waals surface area contributed by atoms with E-state index in [1.54, 1.807) is 14.2 Å². The number of carbonyl (C=O) groups excluding carboxylic acids is 1. The zero-order valence-corrected chi connectivity index (χ0v) is 12.9. The molecule has 2 rings (SSSR count). The highest BCUT2D eigenvalue weighted by Crippen LogP contribution is 2.15. The zero-order chi connectivity index (χ0) is 15.2. The Morgan fingerprint density at radius 2 is 2.05 bits per heavy atom. The van der Waals surface area contributed by atoms with Crippen LogP contribution in [0.15, 0.2) is 24.3 Å². The van der Waals surface area contributed by atoms with Crippen molar-refractivity contribution in [1.82, 2.24) is 10.6 Å². The van der Waals surface area contributed by atoms with Gasteiger partial charge in [0.05, 0.1) is 19.3 Å². The second-order valence-electron chi connectivity index (χ2n) is 5.50. The lowest BCUT2D eigenvalue weighted by molar-refractivity contribution is -0.125. The van der Waals surface area contributed by atoms with Crippen LogP contribution in [0.4, 0.5) is 0 Å². The maximum Gasteiger partial charge on any atom is 0.223 e. The molecular formula is C16H24N2O3. The number of rotatable bonds is 6. The van der Waals surface area contributed by atoms with E-state index in [1.807, 2.05) is 31.2 Å². The third kappa shape index (κ3) is 4.19. The molecule has 1 heterocycles. The van der Waals surface area contributed by atoms with Crippen LogP contribution in [-0.4, -0.2) is 45.4 Å². The molecular weight excluding hydrogens is 268 g/mol. The summed E-state index contributed by atoms with van der Waals surface area (Å²) in [6.07, 6.45) is 0.773. The topological polar surface area (TPSA) is 59.6 Å². The number of carbonyl (C=O) groups is 1. The Morgan fingerprint density at radius 3 is 2.67 bits per heavy atom. The predicted molar refractivity (Wildman–Crippen MR) is 81.5 cm³/mol. The first-order chi connectivity index (χ1) is 10.1. The summed E-state index contributed by atoms with van der Waals surface area (Å²) in [6.45, 7) is 3.50. The smallest absolute Gasteiger partial charge is 0.223 e. The first-order valence-electron chi connectivity index (χ1n) is 7.31. The van der Waals surface area contributed by atoms with Crippen LogP contribution in [0.1, 0.15) is 12.5 Å². The summed E-state index contributed by atoms with van der Waals surface area (Å²) in [5.41, 5.74) is 1.13. The fourth-order valence-electron chi connectivity index (χ4n) is 2.58. The van der Waals surface area contributed by atoms with Gasteiger partial charge in [0.2, 0.25) is 5.91 Å². The third-order valence-corrected chi connectivity index (χ3v) is 3.94. The van der Waals surface area contributed by atoms with Crippen molar-refractivity contribution in [2.24, 2.45) is 5.92 Å². The molecule has 0 saturated carbocycles. The minimum Gasteiger partial charge on any atom is -0.497 e. The van der Waals surface area contributed by atoms with Gasteiger partial charge in [-0.3, -0.25) is 4.79 Å². The number of nitrogens with one attached hydrogen (secondary N) is 2. The van der Waals surface area contributed by atoms with E-state index in [0.29, 0.717) is 6.42 Å². The number of methoxy groups -OCH3 is 2. The SMILES string of the molecule is COc1ccc(CC(C)C(=O)NC2CNCC2OC)cc1. The van der Waals surface area contributed by atoms with Crippen LogP contribution in [0.2, 0.25) is 0 Å². The fraction of sp³-hybridized carbons (Fsp3) is 0.562. The quantitative estimate of drug-likeness (QED) is 0.820. The van der Waals surface area contributed by atoms with Gasteiger partial charge in [0.1, 0.15) is 5.75 Å². The Kier molecular flexibility index (Phi) is 5.59. The van der Waals surface area contributed by atoms with E-state index in [1.165, 1.54) is 0 Å². The molecule has 0 aromatic heterocycles. The molecule has 3 unspecified atom stereocenters. The van der Waals surface area contributed by atoms with Gasteiger partial charge in [-0.2, -0.15) is 0 Å². The molecule has 1 amide bonds. The van der Waals surface area contributed by atoms with E-state index < -0.39 is 0 Å². The first kappa shape index (κ1) is 15.8.